The molecule has 0 bridgehead atoms. The average molecular weight is 790 g/mol. The van der Waals surface area contributed by atoms with E-state index in [2.05, 4.69) is 182 Å². The van der Waals surface area contributed by atoms with E-state index in [-0.39, 0.29) is 0 Å². The van der Waals surface area contributed by atoms with E-state index < -0.39 is 5.41 Å². The Labute approximate surface area is 358 Å². The summed E-state index contributed by atoms with van der Waals surface area (Å²) >= 11 is 0. The predicted octanol–water partition coefficient (Wildman–Crippen LogP) is 14.4. The van der Waals surface area contributed by atoms with E-state index in [1.54, 1.807) is 0 Å². The molecule has 2 heterocycles. The van der Waals surface area contributed by atoms with Gasteiger partial charge in [-0.25, -0.2) is 15.0 Å². The number of para-hydroxylation sites is 2. The standard InChI is InChI=1S/C58H35N3O/c1-2-16-36(17-3-1)55-59-56(61-57(60-55)40-21-13-19-38(35-40)42-27-15-29-48-46-25-7-11-33-52(46)62-54(42)48)39-20-12-18-37(34-39)41-26-14-28-47-45-24-6-10-32-51(45)58(53(41)47)49-30-8-4-22-43(49)44-23-5-9-31-50(44)58/h1-35H. The number of benzene rings is 9. The van der Waals surface area contributed by atoms with Gasteiger partial charge in [0.05, 0.1) is 5.41 Å². The molecule has 0 saturated carbocycles. The highest BCUT2D eigenvalue weighted by Gasteiger charge is 2.52. The maximum atomic E-state index is 6.46. The van der Waals surface area contributed by atoms with Crippen LogP contribution in [0.3, 0.4) is 0 Å². The molecule has 11 aromatic rings. The first-order valence-electron chi connectivity index (χ1n) is 21.1. The lowest BCUT2D eigenvalue weighted by atomic mass is 9.68. The first-order chi connectivity index (χ1) is 30.7. The molecular formula is C58H35N3O. The normalized spacial score (nSPS) is 13.0. The quantitative estimate of drug-likeness (QED) is 0.174. The topological polar surface area (TPSA) is 51.8 Å². The Bertz CT molecular complexity index is 3540. The zero-order valence-corrected chi connectivity index (χ0v) is 33.5. The molecule has 2 aliphatic carbocycles. The van der Waals surface area contributed by atoms with Crippen molar-refractivity contribution < 1.29 is 4.42 Å². The second-order valence-electron chi connectivity index (χ2n) is 16.2. The molecule has 4 heteroatoms. The lowest BCUT2D eigenvalue weighted by Crippen LogP contribution is -2.26. The van der Waals surface area contributed by atoms with Crippen LogP contribution in [0.2, 0.25) is 0 Å². The molecule has 0 aliphatic heterocycles. The molecule has 1 spiro atoms. The van der Waals surface area contributed by atoms with Crippen LogP contribution in [0.1, 0.15) is 22.3 Å². The smallest absolute Gasteiger partial charge is 0.164 e. The zero-order chi connectivity index (χ0) is 40.8. The summed E-state index contributed by atoms with van der Waals surface area (Å²) in [6.07, 6.45) is 0. The van der Waals surface area contributed by atoms with Crippen molar-refractivity contribution in [3.05, 3.63) is 235 Å². The van der Waals surface area contributed by atoms with Gasteiger partial charge in [0.15, 0.2) is 17.5 Å². The van der Waals surface area contributed by atoms with Crippen molar-refractivity contribution in [2.24, 2.45) is 0 Å². The van der Waals surface area contributed by atoms with Gasteiger partial charge in [0, 0.05) is 33.0 Å². The number of hydrogen-bond acceptors (Lipinski definition) is 4. The van der Waals surface area contributed by atoms with Crippen molar-refractivity contribution in [2.75, 3.05) is 0 Å². The maximum Gasteiger partial charge on any atom is 0.164 e. The minimum absolute atomic E-state index is 0.468. The van der Waals surface area contributed by atoms with Crippen LogP contribution in [0.15, 0.2) is 217 Å². The fourth-order valence-electron chi connectivity index (χ4n) is 10.4. The van der Waals surface area contributed by atoms with E-state index in [9.17, 15) is 0 Å². The van der Waals surface area contributed by atoms with Gasteiger partial charge in [-0.15, -0.1) is 0 Å². The van der Waals surface area contributed by atoms with Crippen LogP contribution >= 0.6 is 0 Å². The summed E-state index contributed by atoms with van der Waals surface area (Å²) < 4.78 is 6.46. The van der Waals surface area contributed by atoms with Crippen molar-refractivity contribution in [1.29, 1.82) is 0 Å². The van der Waals surface area contributed by atoms with Gasteiger partial charge in [-0.3, -0.25) is 0 Å². The summed E-state index contributed by atoms with van der Waals surface area (Å²) in [5.41, 5.74) is 18.8. The third-order valence-corrected chi connectivity index (χ3v) is 12.9. The number of nitrogens with zero attached hydrogens (tertiary/aromatic N) is 3. The lowest BCUT2D eigenvalue weighted by molar-refractivity contribution is 0.670. The van der Waals surface area contributed by atoms with E-state index in [1.807, 2.05) is 30.3 Å². The van der Waals surface area contributed by atoms with Crippen LogP contribution < -0.4 is 0 Å². The molecule has 0 saturated heterocycles. The second kappa shape index (κ2) is 13.4. The summed E-state index contributed by atoms with van der Waals surface area (Å²) in [6, 6.07) is 75.6. The SMILES string of the molecule is c1ccc(-c2nc(-c3cccc(-c4cccc5c4C4(c6ccccc6-c6ccccc64)c4ccccc4-5)c3)nc(-c3cccc(-c4cccc5c4oc4ccccc45)c3)n2)cc1. The summed E-state index contributed by atoms with van der Waals surface area (Å²) in [5.74, 6) is 1.84. The zero-order valence-electron chi connectivity index (χ0n) is 33.5. The molecule has 0 unspecified atom stereocenters. The molecule has 2 aliphatic rings. The van der Waals surface area contributed by atoms with Crippen molar-refractivity contribution in [3.63, 3.8) is 0 Å². The van der Waals surface area contributed by atoms with Gasteiger partial charge in [-0.2, -0.15) is 0 Å². The van der Waals surface area contributed by atoms with Gasteiger partial charge in [0.2, 0.25) is 0 Å². The largest absolute Gasteiger partial charge is 0.455 e. The molecule has 0 fully saturated rings. The molecule has 62 heavy (non-hydrogen) atoms. The van der Waals surface area contributed by atoms with E-state index in [0.29, 0.717) is 17.5 Å². The first kappa shape index (κ1) is 34.6. The Morgan fingerprint density at radius 1 is 0.306 bits per heavy atom. The van der Waals surface area contributed by atoms with Crippen LogP contribution in [0.4, 0.5) is 0 Å². The number of fused-ring (bicyclic) bond motifs is 13. The van der Waals surface area contributed by atoms with Crippen molar-refractivity contribution in [3.8, 4) is 78.7 Å². The van der Waals surface area contributed by atoms with E-state index in [1.165, 1.54) is 50.1 Å². The van der Waals surface area contributed by atoms with Gasteiger partial charge in [-0.1, -0.05) is 194 Å². The molecule has 2 aromatic heterocycles. The number of aromatic nitrogens is 3. The highest BCUT2D eigenvalue weighted by Crippen LogP contribution is 2.64. The van der Waals surface area contributed by atoms with Gasteiger partial charge >= 0.3 is 0 Å². The summed E-state index contributed by atoms with van der Waals surface area (Å²) in [5, 5.41) is 2.20. The Kier molecular flexibility index (Phi) is 7.49. The summed E-state index contributed by atoms with van der Waals surface area (Å²) in [6.45, 7) is 0. The van der Waals surface area contributed by atoms with Crippen LogP contribution in [0, 0.1) is 0 Å². The van der Waals surface area contributed by atoms with Crippen molar-refractivity contribution >= 4 is 21.9 Å². The fourth-order valence-corrected chi connectivity index (χ4v) is 10.4. The Hall–Kier alpha value is -8.21. The van der Waals surface area contributed by atoms with E-state index in [0.717, 1.165) is 55.3 Å². The third kappa shape index (κ3) is 4.98. The molecule has 13 rings (SSSR count). The molecule has 0 amide bonds. The minimum atomic E-state index is -0.468. The molecule has 4 nitrogen and oxygen atoms in total. The van der Waals surface area contributed by atoms with Gasteiger partial charge in [0.1, 0.15) is 11.2 Å². The lowest BCUT2D eigenvalue weighted by Gasteiger charge is -2.32. The van der Waals surface area contributed by atoms with Gasteiger partial charge < -0.3 is 4.42 Å². The van der Waals surface area contributed by atoms with Crippen LogP contribution in [0.5, 0.6) is 0 Å². The summed E-state index contributed by atoms with van der Waals surface area (Å²) in [7, 11) is 0. The average Bonchev–Trinajstić information content (AvgIpc) is 3.99. The van der Waals surface area contributed by atoms with Gasteiger partial charge in [-0.05, 0) is 79.4 Å². The van der Waals surface area contributed by atoms with Crippen LogP contribution in [-0.4, -0.2) is 15.0 Å². The molecular weight excluding hydrogens is 755 g/mol. The number of furan rings is 1. The highest BCUT2D eigenvalue weighted by atomic mass is 16.3. The monoisotopic (exact) mass is 789 g/mol. The predicted molar refractivity (Wildman–Crippen MR) is 251 cm³/mol. The van der Waals surface area contributed by atoms with Gasteiger partial charge in [0.25, 0.3) is 0 Å². The Morgan fingerprint density at radius 2 is 0.726 bits per heavy atom. The second-order valence-corrected chi connectivity index (χ2v) is 16.2. The van der Waals surface area contributed by atoms with Crippen LogP contribution in [-0.2, 0) is 5.41 Å². The molecule has 0 radical (unpaired) electrons. The fraction of sp³-hybridized carbons (Fsp3) is 0.0172. The van der Waals surface area contributed by atoms with Crippen molar-refractivity contribution in [1.82, 2.24) is 15.0 Å². The Morgan fingerprint density at radius 3 is 1.39 bits per heavy atom. The highest BCUT2D eigenvalue weighted by molar-refractivity contribution is 6.09. The molecule has 9 aromatic carbocycles. The number of rotatable bonds is 5. The minimum Gasteiger partial charge on any atom is -0.455 e. The molecule has 288 valence electrons. The molecule has 0 atom stereocenters. The van der Waals surface area contributed by atoms with E-state index >= 15 is 0 Å². The van der Waals surface area contributed by atoms with Crippen molar-refractivity contribution in [2.45, 2.75) is 5.41 Å². The summed E-state index contributed by atoms with van der Waals surface area (Å²) in [4.78, 5) is 15.6. The first-order valence-corrected chi connectivity index (χ1v) is 21.1. The van der Waals surface area contributed by atoms with Crippen LogP contribution in [0.25, 0.3) is 101 Å². The number of hydrogen-bond donors (Lipinski definition) is 0. The third-order valence-electron chi connectivity index (χ3n) is 12.9. The molecule has 0 N–H and O–H groups in total. The maximum absolute atomic E-state index is 6.46. The Balaban J connectivity index is 0.985. The van der Waals surface area contributed by atoms with E-state index in [4.69, 9.17) is 19.4 Å².